The molecule has 1 heterocycles. The van der Waals surface area contributed by atoms with Crippen LogP contribution in [0, 0.1) is 5.92 Å². The molecule has 5 heteroatoms. The number of esters is 1. The first-order chi connectivity index (χ1) is 12.8. The topological polar surface area (TPSA) is 32.8 Å². The monoisotopic (exact) mass is 398 g/mol. The van der Waals surface area contributed by atoms with Crippen molar-refractivity contribution in [2.24, 2.45) is 5.92 Å². The van der Waals surface area contributed by atoms with E-state index in [-0.39, 0.29) is 17.2 Å². The van der Waals surface area contributed by atoms with E-state index in [9.17, 15) is 4.79 Å². The Morgan fingerprint density at radius 3 is 2.33 bits per heavy atom. The zero-order valence-corrected chi connectivity index (χ0v) is 21.1. The first-order valence-electron chi connectivity index (χ1n) is 11.5. The second-order valence-corrected chi connectivity index (χ2v) is 10.8. The fourth-order valence-electron chi connectivity index (χ4n) is 4.37. The maximum absolute atomic E-state index is 12.1. The summed E-state index contributed by atoms with van der Waals surface area (Å²) in [5, 5.41) is 0.138. The molecule has 1 rings (SSSR count). The molecule has 0 aromatic heterocycles. The molecule has 0 N–H and O–H groups in total. The van der Waals surface area contributed by atoms with E-state index in [2.05, 4.69) is 30.6 Å². The normalized spacial score (nSPS) is 25.6. The summed E-state index contributed by atoms with van der Waals surface area (Å²) in [7, 11) is 1.09. The van der Waals surface area contributed by atoms with Crippen molar-refractivity contribution < 1.29 is 9.53 Å². The molecular weight excluding hydrogens is 352 g/mol. The average Bonchev–Trinajstić information content (AvgIpc) is 2.62. The molecule has 1 aliphatic heterocycles. The minimum Gasteiger partial charge on any atom is -0.466 e. The fraction of sp³-hybridized carbons (Fsp3) is 0.955. The number of hydrogen-bond donors (Lipinski definition) is 0. The molecule has 27 heavy (non-hydrogen) atoms. The summed E-state index contributed by atoms with van der Waals surface area (Å²) in [6.07, 6.45) is 12.2. The third-order valence-electron chi connectivity index (χ3n) is 6.27. The highest BCUT2D eigenvalue weighted by molar-refractivity contribution is 6.14. The molecule has 1 aliphatic rings. The summed E-state index contributed by atoms with van der Waals surface area (Å²) in [6, 6.07) is 0.541. The molecule has 1 saturated heterocycles. The second kappa shape index (κ2) is 12.9. The van der Waals surface area contributed by atoms with E-state index in [1.807, 2.05) is 13.8 Å². The second-order valence-electron chi connectivity index (χ2n) is 8.90. The van der Waals surface area contributed by atoms with Crippen LogP contribution in [0.5, 0.6) is 0 Å². The minimum absolute atomic E-state index is 0.0521. The Morgan fingerprint density at radius 2 is 1.74 bits per heavy atom. The number of rotatable bonds is 13. The molecule has 0 aromatic carbocycles. The number of hydrogen-bond acceptors (Lipinski definition) is 4. The summed E-state index contributed by atoms with van der Waals surface area (Å²) in [5.74, 6) is -0.105. The standard InChI is InChI=1S/C22H46N2O2Si/c1-6-8-9-10-11-12-13-14-16-23-17-15-20(4)24(22(23,5)27)18-19(3)21(25)26-7-2/h19-20H,6-18H2,1-5,27H3. The highest BCUT2D eigenvalue weighted by Gasteiger charge is 2.40. The van der Waals surface area contributed by atoms with Crippen LogP contribution in [-0.4, -0.2) is 63.6 Å². The quantitative estimate of drug-likeness (QED) is 0.269. The number of ether oxygens (including phenoxy) is 1. The van der Waals surface area contributed by atoms with Gasteiger partial charge in [-0.05, 0) is 40.2 Å². The van der Waals surface area contributed by atoms with Crippen LogP contribution < -0.4 is 0 Å². The van der Waals surface area contributed by atoms with Gasteiger partial charge in [-0.15, -0.1) is 0 Å². The molecular formula is C22H46N2O2Si. The summed E-state index contributed by atoms with van der Waals surface area (Å²) >= 11 is 0. The van der Waals surface area contributed by atoms with E-state index < -0.39 is 0 Å². The van der Waals surface area contributed by atoms with Crippen LogP contribution in [0.1, 0.15) is 92.4 Å². The predicted molar refractivity (Wildman–Crippen MR) is 119 cm³/mol. The van der Waals surface area contributed by atoms with Gasteiger partial charge in [-0.2, -0.15) is 0 Å². The van der Waals surface area contributed by atoms with Crippen LogP contribution >= 0.6 is 0 Å². The molecule has 0 aliphatic carbocycles. The van der Waals surface area contributed by atoms with E-state index in [0.717, 1.165) is 16.8 Å². The Morgan fingerprint density at radius 1 is 1.15 bits per heavy atom. The minimum atomic E-state index is -0.0534. The van der Waals surface area contributed by atoms with E-state index in [0.29, 0.717) is 12.6 Å². The van der Waals surface area contributed by atoms with Gasteiger partial charge in [0.25, 0.3) is 0 Å². The molecule has 0 saturated carbocycles. The van der Waals surface area contributed by atoms with Gasteiger partial charge < -0.3 is 4.74 Å². The zero-order valence-electron chi connectivity index (χ0n) is 19.1. The Labute approximate surface area is 171 Å². The van der Waals surface area contributed by atoms with E-state index in [1.165, 1.54) is 70.9 Å². The van der Waals surface area contributed by atoms with Crippen molar-refractivity contribution in [3.63, 3.8) is 0 Å². The number of unbranched alkanes of at least 4 members (excludes halogenated alkanes) is 7. The Kier molecular flexibility index (Phi) is 11.8. The molecule has 0 aromatic rings. The molecule has 3 atom stereocenters. The fourth-order valence-corrected chi connectivity index (χ4v) is 5.44. The lowest BCUT2D eigenvalue weighted by Gasteiger charge is -2.54. The van der Waals surface area contributed by atoms with Crippen LogP contribution in [0.3, 0.4) is 0 Å². The van der Waals surface area contributed by atoms with Crippen molar-refractivity contribution in [3.05, 3.63) is 0 Å². The molecule has 160 valence electrons. The van der Waals surface area contributed by atoms with Crippen LogP contribution in [0.25, 0.3) is 0 Å². The van der Waals surface area contributed by atoms with E-state index in [1.54, 1.807) is 0 Å². The van der Waals surface area contributed by atoms with Gasteiger partial charge in [0.15, 0.2) is 0 Å². The lowest BCUT2D eigenvalue weighted by atomic mass is 10.0. The molecule has 0 bridgehead atoms. The van der Waals surface area contributed by atoms with Crippen LogP contribution in [0.15, 0.2) is 0 Å². The van der Waals surface area contributed by atoms with Gasteiger partial charge in [-0.1, -0.05) is 58.8 Å². The molecule has 4 nitrogen and oxygen atoms in total. The van der Waals surface area contributed by atoms with Gasteiger partial charge in [0.1, 0.15) is 0 Å². The van der Waals surface area contributed by atoms with Gasteiger partial charge in [-0.3, -0.25) is 14.6 Å². The zero-order chi connectivity index (χ0) is 20.3. The van der Waals surface area contributed by atoms with Crippen LogP contribution in [0.4, 0.5) is 0 Å². The lowest BCUT2D eigenvalue weighted by molar-refractivity contribution is -0.150. The summed E-state index contributed by atoms with van der Waals surface area (Å²) in [6.45, 7) is 14.6. The van der Waals surface area contributed by atoms with E-state index >= 15 is 0 Å². The van der Waals surface area contributed by atoms with Crippen LogP contribution in [0.2, 0.25) is 0 Å². The average molecular weight is 399 g/mol. The molecule has 0 spiro atoms. The van der Waals surface area contributed by atoms with Crippen molar-refractivity contribution in [1.82, 2.24) is 9.80 Å². The van der Waals surface area contributed by atoms with Gasteiger partial charge in [0, 0.05) is 34.7 Å². The Balaban J connectivity index is 2.44. The van der Waals surface area contributed by atoms with Crippen molar-refractivity contribution in [1.29, 1.82) is 0 Å². The number of carbonyl (C=O) groups excluding carboxylic acids is 1. The summed E-state index contributed by atoms with van der Waals surface area (Å²) in [4.78, 5) is 17.4. The third-order valence-corrected chi connectivity index (χ3v) is 7.47. The molecule has 3 unspecified atom stereocenters. The van der Waals surface area contributed by atoms with Crippen molar-refractivity contribution >= 4 is 16.2 Å². The van der Waals surface area contributed by atoms with Crippen molar-refractivity contribution in [2.75, 3.05) is 26.2 Å². The predicted octanol–water partition coefficient (Wildman–Crippen LogP) is 3.76. The maximum atomic E-state index is 12.1. The first-order valence-corrected chi connectivity index (χ1v) is 12.5. The summed E-state index contributed by atoms with van der Waals surface area (Å²) in [5.41, 5.74) is 0. The first kappa shape index (κ1) is 24.6. The maximum Gasteiger partial charge on any atom is 0.309 e. The highest BCUT2D eigenvalue weighted by Crippen LogP contribution is 2.29. The molecule has 1 fully saturated rings. The molecule has 0 radical (unpaired) electrons. The number of carbonyl (C=O) groups is 1. The van der Waals surface area contributed by atoms with Crippen molar-refractivity contribution in [3.8, 4) is 0 Å². The van der Waals surface area contributed by atoms with Crippen LogP contribution in [-0.2, 0) is 9.53 Å². The Hall–Kier alpha value is -0.393. The van der Waals surface area contributed by atoms with Crippen molar-refractivity contribution in [2.45, 2.75) is 104 Å². The molecule has 0 amide bonds. The third kappa shape index (κ3) is 8.24. The number of nitrogens with zero attached hydrogens (tertiary/aromatic N) is 2. The summed E-state index contributed by atoms with van der Waals surface area (Å²) < 4.78 is 5.23. The lowest BCUT2D eigenvalue weighted by Crippen LogP contribution is -2.67. The largest absolute Gasteiger partial charge is 0.466 e. The Bertz CT molecular complexity index is 417. The highest BCUT2D eigenvalue weighted by atomic mass is 28.1. The SMILES string of the molecule is CCCCCCCCCCN1CCC(C)N(CC(C)C(=O)OCC)C1(C)[SiH3]. The van der Waals surface area contributed by atoms with E-state index in [4.69, 9.17) is 4.74 Å². The van der Waals surface area contributed by atoms with Gasteiger partial charge >= 0.3 is 5.97 Å². The smallest absolute Gasteiger partial charge is 0.309 e. The van der Waals surface area contributed by atoms with Gasteiger partial charge in [-0.25, -0.2) is 0 Å². The van der Waals surface area contributed by atoms with Gasteiger partial charge in [0.05, 0.1) is 12.5 Å². The van der Waals surface area contributed by atoms with Gasteiger partial charge in [0.2, 0.25) is 0 Å².